The summed E-state index contributed by atoms with van der Waals surface area (Å²) < 4.78 is 5.58. The van der Waals surface area contributed by atoms with Crippen LogP contribution in [-0.2, 0) is 16.1 Å². The van der Waals surface area contributed by atoms with E-state index in [1.165, 1.54) is 0 Å². The Balaban J connectivity index is 2.00. The van der Waals surface area contributed by atoms with E-state index < -0.39 is 12.0 Å². The fourth-order valence-electron chi connectivity index (χ4n) is 2.14. The third kappa shape index (κ3) is 4.09. The lowest BCUT2D eigenvalue weighted by Crippen LogP contribution is -2.35. The number of carboxylic acids is 1. The number of fused-ring (bicyclic) bond motifs is 1. The topological polar surface area (TPSA) is 92.9 Å². The molecule has 1 aromatic carbocycles. The zero-order valence-electron chi connectivity index (χ0n) is 11.4. The number of halogens is 1. The molecule has 1 heterocycles. The summed E-state index contributed by atoms with van der Waals surface area (Å²) in [4.78, 5) is 24.5. The highest BCUT2D eigenvalue weighted by Crippen LogP contribution is 2.26. The molecule has 0 saturated heterocycles. The molecule has 3 N–H and O–H groups in total. The normalized spacial score (nSPS) is 15.6. The molecule has 1 aromatic rings. The lowest BCUT2D eigenvalue weighted by molar-refractivity contribution is -0.139. The fourth-order valence-corrected chi connectivity index (χ4v) is 2.33. The molecule has 0 fully saturated rings. The van der Waals surface area contributed by atoms with Crippen LogP contribution in [0.15, 0.2) is 18.2 Å². The largest absolute Gasteiger partial charge is 0.491 e. The maximum atomic E-state index is 12.2. The number of nitrogens with two attached hydrogens (primary N) is 1. The number of rotatable bonds is 4. The molecule has 0 bridgehead atoms. The Morgan fingerprint density at radius 1 is 1.48 bits per heavy atom. The number of nitrogens with zero attached hydrogens (tertiary/aromatic N) is 1. The third-order valence-electron chi connectivity index (χ3n) is 3.34. The van der Waals surface area contributed by atoms with Crippen LogP contribution in [0.4, 0.5) is 0 Å². The molecule has 6 nitrogen and oxygen atoms in total. The van der Waals surface area contributed by atoms with Crippen LogP contribution in [0.5, 0.6) is 5.75 Å². The first-order valence-electron chi connectivity index (χ1n) is 6.65. The standard InChI is InChI=1S/C14H17ClN2O4/c15-10-1-3-12-9(7-10)8-17(5-6-21-12)13(18)4-2-11(16)14(19)20/h1,3,7,11H,2,4-6,8,16H2,(H,19,20)/t11-/m0/s1. The summed E-state index contributed by atoms with van der Waals surface area (Å²) >= 11 is 5.95. The van der Waals surface area contributed by atoms with Crippen LogP contribution in [0.25, 0.3) is 0 Å². The van der Waals surface area contributed by atoms with Gasteiger partial charge in [-0.1, -0.05) is 11.6 Å². The molecule has 1 amide bonds. The lowest BCUT2D eigenvalue weighted by Gasteiger charge is -2.20. The van der Waals surface area contributed by atoms with Crippen molar-refractivity contribution >= 4 is 23.5 Å². The van der Waals surface area contributed by atoms with Crippen LogP contribution in [0.1, 0.15) is 18.4 Å². The summed E-state index contributed by atoms with van der Waals surface area (Å²) in [7, 11) is 0. The van der Waals surface area contributed by atoms with E-state index in [0.717, 1.165) is 11.3 Å². The van der Waals surface area contributed by atoms with Gasteiger partial charge in [-0.2, -0.15) is 0 Å². The number of amides is 1. The average Bonchev–Trinajstić information content (AvgIpc) is 2.65. The number of hydrogen-bond acceptors (Lipinski definition) is 4. The van der Waals surface area contributed by atoms with Gasteiger partial charge in [0.2, 0.25) is 5.91 Å². The average molecular weight is 313 g/mol. The van der Waals surface area contributed by atoms with Crippen LogP contribution in [-0.4, -0.2) is 41.1 Å². The van der Waals surface area contributed by atoms with Crippen molar-refractivity contribution in [2.24, 2.45) is 5.73 Å². The smallest absolute Gasteiger partial charge is 0.320 e. The summed E-state index contributed by atoms with van der Waals surface area (Å²) in [5.41, 5.74) is 6.25. The molecule has 1 aliphatic heterocycles. The van der Waals surface area contributed by atoms with Gasteiger partial charge in [0, 0.05) is 23.6 Å². The first-order valence-corrected chi connectivity index (χ1v) is 7.02. The van der Waals surface area contributed by atoms with Crippen LogP contribution in [0.2, 0.25) is 5.02 Å². The Morgan fingerprint density at radius 2 is 2.24 bits per heavy atom. The van der Waals surface area contributed by atoms with Gasteiger partial charge in [-0.25, -0.2) is 0 Å². The first-order chi connectivity index (χ1) is 9.97. The number of aliphatic carboxylic acids is 1. The summed E-state index contributed by atoms with van der Waals surface area (Å²) in [6.45, 7) is 1.25. The molecular formula is C14H17ClN2O4. The van der Waals surface area contributed by atoms with Crippen molar-refractivity contribution < 1.29 is 19.4 Å². The van der Waals surface area contributed by atoms with Gasteiger partial charge in [0.05, 0.1) is 6.54 Å². The number of carbonyl (C=O) groups excluding carboxylic acids is 1. The molecule has 0 radical (unpaired) electrons. The Labute approximate surface area is 127 Å². The third-order valence-corrected chi connectivity index (χ3v) is 3.58. The summed E-state index contributed by atoms with van der Waals surface area (Å²) in [6.07, 6.45) is 0.220. The van der Waals surface area contributed by atoms with Gasteiger partial charge in [0.15, 0.2) is 0 Å². The van der Waals surface area contributed by atoms with Gasteiger partial charge in [-0.05, 0) is 24.6 Å². The van der Waals surface area contributed by atoms with E-state index in [1.807, 2.05) is 0 Å². The predicted octanol–water partition coefficient (Wildman–Crippen LogP) is 1.25. The fraction of sp³-hybridized carbons (Fsp3) is 0.429. The van der Waals surface area contributed by atoms with Crippen LogP contribution < -0.4 is 10.5 Å². The minimum atomic E-state index is -1.10. The second kappa shape index (κ2) is 6.78. The molecular weight excluding hydrogens is 296 g/mol. The Kier molecular flexibility index (Phi) is 5.03. The molecule has 2 rings (SSSR count). The zero-order valence-corrected chi connectivity index (χ0v) is 12.2. The highest BCUT2D eigenvalue weighted by atomic mass is 35.5. The van der Waals surface area contributed by atoms with Gasteiger partial charge in [0.25, 0.3) is 0 Å². The monoisotopic (exact) mass is 312 g/mol. The van der Waals surface area contributed by atoms with E-state index in [-0.39, 0.29) is 18.7 Å². The van der Waals surface area contributed by atoms with E-state index in [9.17, 15) is 9.59 Å². The van der Waals surface area contributed by atoms with Gasteiger partial charge < -0.3 is 20.5 Å². The van der Waals surface area contributed by atoms with E-state index in [2.05, 4.69) is 0 Å². The highest BCUT2D eigenvalue weighted by molar-refractivity contribution is 6.30. The second-order valence-corrected chi connectivity index (χ2v) is 5.34. The number of benzene rings is 1. The molecule has 1 atom stereocenters. The molecule has 1 aliphatic rings. The quantitative estimate of drug-likeness (QED) is 0.873. The van der Waals surface area contributed by atoms with Gasteiger partial charge in [-0.3, -0.25) is 9.59 Å². The van der Waals surface area contributed by atoms with Gasteiger partial charge in [0.1, 0.15) is 18.4 Å². The second-order valence-electron chi connectivity index (χ2n) is 4.90. The number of ether oxygens (including phenoxy) is 1. The summed E-state index contributed by atoms with van der Waals surface area (Å²) in [5.74, 6) is -0.515. The molecule has 0 saturated carbocycles. The van der Waals surface area contributed by atoms with Gasteiger partial charge >= 0.3 is 5.97 Å². The molecule has 0 aliphatic carbocycles. The Hall–Kier alpha value is -1.79. The molecule has 0 aromatic heterocycles. The minimum Gasteiger partial charge on any atom is -0.491 e. The van der Waals surface area contributed by atoms with Crippen molar-refractivity contribution in [3.8, 4) is 5.75 Å². The summed E-state index contributed by atoms with van der Waals surface area (Å²) in [6, 6.07) is 4.28. The zero-order chi connectivity index (χ0) is 15.4. The SMILES string of the molecule is N[C@@H](CCC(=O)N1CCOc2ccc(Cl)cc2C1)C(=O)O. The van der Waals surface area contributed by atoms with Crippen molar-refractivity contribution in [2.75, 3.05) is 13.2 Å². The van der Waals surface area contributed by atoms with E-state index in [4.69, 9.17) is 27.2 Å². The van der Waals surface area contributed by atoms with Crippen LogP contribution >= 0.6 is 11.6 Å². The highest BCUT2D eigenvalue weighted by Gasteiger charge is 2.21. The van der Waals surface area contributed by atoms with Crippen LogP contribution in [0.3, 0.4) is 0 Å². The van der Waals surface area contributed by atoms with Crippen molar-refractivity contribution in [2.45, 2.75) is 25.4 Å². The first kappa shape index (κ1) is 15.6. The molecule has 0 spiro atoms. The van der Waals surface area contributed by atoms with E-state index in [1.54, 1.807) is 23.1 Å². The lowest BCUT2D eigenvalue weighted by atomic mass is 10.1. The minimum absolute atomic E-state index is 0.101. The van der Waals surface area contributed by atoms with Crippen molar-refractivity contribution in [1.82, 2.24) is 4.90 Å². The van der Waals surface area contributed by atoms with Crippen molar-refractivity contribution in [3.63, 3.8) is 0 Å². The van der Waals surface area contributed by atoms with Crippen molar-refractivity contribution in [1.29, 1.82) is 0 Å². The van der Waals surface area contributed by atoms with E-state index in [0.29, 0.717) is 24.7 Å². The molecule has 0 unspecified atom stereocenters. The molecule has 7 heteroatoms. The number of hydrogen-bond donors (Lipinski definition) is 2. The van der Waals surface area contributed by atoms with Crippen molar-refractivity contribution in [3.05, 3.63) is 28.8 Å². The van der Waals surface area contributed by atoms with E-state index >= 15 is 0 Å². The predicted molar refractivity (Wildman–Crippen MR) is 77.2 cm³/mol. The molecule has 114 valence electrons. The maximum absolute atomic E-state index is 12.2. The molecule has 21 heavy (non-hydrogen) atoms. The summed E-state index contributed by atoms with van der Waals surface area (Å²) in [5, 5.41) is 9.31. The van der Waals surface area contributed by atoms with Gasteiger partial charge in [-0.15, -0.1) is 0 Å². The Bertz CT molecular complexity index is 550. The Morgan fingerprint density at radius 3 is 2.95 bits per heavy atom. The number of carbonyl (C=O) groups is 2. The van der Waals surface area contributed by atoms with Crippen LogP contribution in [0, 0.1) is 0 Å². The maximum Gasteiger partial charge on any atom is 0.320 e. The number of carboxylic acid groups (broad SMARTS) is 1.